The van der Waals surface area contributed by atoms with Gasteiger partial charge >= 0.3 is 0 Å². The summed E-state index contributed by atoms with van der Waals surface area (Å²) in [4.78, 5) is 13.0. The van der Waals surface area contributed by atoms with Gasteiger partial charge in [0.25, 0.3) is 0 Å². The molecule has 0 saturated heterocycles. The van der Waals surface area contributed by atoms with Gasteiger partial charge in [0.05, 0.1) is 6.61 Å². The van der Waals surface area contributed by atoms with Crippen LogP contribution in [0.3, 0.4) is 0 Å². The van der Waals surface area contributed by atoms with E-state index in [4.69, 9.17) is 10.8 Å². The van der Waals surface area contributed by atoms with Crippen molar-refractivity contribution in [2.45, 2.75) is 6.04 Å². The zero-order chi connectivity index (χ0) is 11.4. The predicted molar refractivity (Wildman–Crippen MR) is 62.6 cm³/mol. The first-order chi connectivity index (χ1) is 7.06. The highest BCUT2D eigenvalue weighted by Gasteiger charge is 2.18. The lowest BCUT2D eigenvalue weighted by Crippen LogP contribution is -2.44. The number of nitrogens with zero attached hydrogens (tertiary/aromatic N) is 1. The Morgan fingerprint density at radius 2 is 2.33 bits per heavy atom. The van der Waals surface area contributed by atoms with Crippen LogP contribution in [0, 0.1) is 0 Å². The standard InChI is InChI=1S/C10H13BrN2O2/c1-13(10(15)9(12)6-14)8-4-2-3-7(11)5-8/h2-5,9,14H,6,12H2,1H3. The average Bonchev–Trinajstić information content (AvgIpc) is 2.26. The van der Waals surface area contributed by atoms with Crippen LogP contribution >= 0.6 is 15.9 Å². The SMILES string of the molecule is CN(C(=O)C(N)CO)c1cccc(Br)c1. The van der Waals surface area contributed by atoms with Crippen LogP contribution in [-0.4, -0.2) is 30.7 Å². The maximum Gasteiger partial charge on any atom is 0.246 e. The summed E-state index contributed by atoms with van der Waals surface area (Å²) in [5, 5.41) is 8.77. The lowest BCUT2D eigenvalue weighted by molar-refractivity contribution is -0.120. The number of benzene rings is 1. The quantitative estimate of drug-likeness (QED) is 0.853. The fourth-order valence-electron chi connectivity index (χ4n) is 1.14. The van der Waals surface area contributed by atoms with Gasteiger partial charge in [0.2, 0.25) is 5.91 Å². The van der Waals surface area contributed by atoms with Crippen molar-refractivity contribution in [3.05, 3.63) is 28.7 Å². The number of anilines is 1. The zero-order valence-electron chi connectivity index (χ0n) is 8.35. The molecular formula is C10H13BrN2O2. The molecule has 0 radical (unpaired) electrons. The zero-order valence-corrected chi connectivity index (χ0v) is 9.94. The van der Waals surface area contributed by atoms with Crippen molar-refractivity contribution < 1.29 is 9.90 Å². The van der Waals surface area contributed by atoms with E-state index in [0.29, 0.717) is 0 Å². The maximum atomic E-state index is 11.6. The van der Waals surface area contributed by atoms with E-state index in [0.717, 1.165) is 10.2 Å². The highest BCUT2D eigenvalue weighted by Crippen LogP contribution is 2.19. The summed E-state index contributed by atoms with van der Waals surface area (Å²) in [7, 11) is 1.62. The summed E-state index contributed by atoms with van der Waals surface area (Å²) < 4.78 is 0.886. The molecule has 1 atom stereocenters. The van der Waals surface area contributed by atoms with Crippen molar-refractivity contribution in [2.24, 2.45) is 5.73 Å². The third-order valence-corrected chi connectivity index (χ3v) is 2.53. The molecular weight excluding hydrogens is 260 g/mol. The molecule has 0 heterocycles. The lowest BCUT2D eigenvalue weighted by Gasteiger charge is -2.20. The summed E-state index contributed by atoms with van der Waals surface area (Å²) in [6.45, 7) is -0.350. The molecule has 0 aliphatic carbocycles. The minimum absolute atomic E-state index is 0.310. The van der Waals surface area contributed by atoms with E-state index in [1.807, 2.05) is 18.2 Å². The molecule has 1 aromatic carbocycles. The van der Waals surface area contributed by atoms with Gasteiger partial charge in [-0.1, -0.05) is 22.0 Å². The third-order valence-electron chi connectivity index (χ3n) is 2.04. The Balaban J connectivity index is 2.85. The number of carbonyl (C=O) groups excluding carboxylic acids is 1. The molecule has 0 spiro atoms. The van der Waals surface area contributed by atoms with Gasteiger partial charge < -0.3 is 15.7 Å². The number of amides is 1. The molecule has 0 bridgehead atoms. The lowest BCUT2D eigenvalue weighted by atomic mass is 10.2. The maximum absolute atomic E-state index is 11.6. The van der Waals surface area contributed by atoms with Gasteiger partial charge in [0, 0.05) is 17.2 Å². The number of aliphatic hydroxyl groups is 1. The summed E-state index contributed by atoms with van der Waals surface area (Å²) in [6, 6.07) is 6.44. The Morgan fingerprint density at radius 1 is 1.67 bits per heavy atom. The number of hydrogen-bond acceptors (Lipinski definition) is 3. The highest BCUT2D eigenvalue weighted by molar-refractivity contribution is 9.10. The number of likely N-dealkylation sites (N-methyl/N-ethyl adjacent to an activating group) is 1. The smallest absolute Gasteiger partial charge is 0.246 e. The fourth-order valence-corrected chi connectivity index (χ4v) is 1.53. The van der Waals surface area contributed by atoms with Crippen LogP contribution in [-0.2, 0) is 4.79 Å². The summed E-state index contributed by atoms with van der Waals surface area (Å²) >= 11 is 3.32. The molecule has 0 aliphatic rings. The minimum Gasteiger partial charge on any atom is -0.394 e. The largest absolute Gasteiger partial charge is 0.394 e. The Morgan fingerprint density at radius 3 is 2.87 bits per heavy atom. The third kappa shape index (κ3) is 3.02. The molecule has 0 fully saturated rings. The van der Waals surface area contributed by atoms with Gasteiger partial charge in [0.1, 0.15) is 6.04 Å². The van der Waals surface area contributed by atoms with Crippen LogP contribution in [0.15, 0.2) is 28.7 Å². The van der Waals surface area contributed by atoms with Crippen LogP contribution < -0.4 is 10.6 Å². The van der Waals surface area contributed by atoms with Gasteiger partial charge in [-0.05, 0) is 18.2 Å². The molecule has 5 heteroatoms. The molecule has 82 valence electrons. The van der Waals surface area contributed by atoms with E-state index in [2.05, 4.69) is 15.9 Å². The number of halogens is 1. The molecule has 3 N–H and O–H groups in total. The number of carbonyl (C=O) groups is 1. The Kier molecular flexibility index (Phi) is 4.26. The Labute approximate surface area is 96.8 Å². The molecule has 0 aromatic heterocycles. The first-order valence-electron chi connectivity index (χ1n) is 4.46. The second-order valence-electron chi connectivity index (χ2n) is 3.17. The van der Waals surface area contributed by atoms with Crippen LogP contribution in [0.4, 0.5) is 5.69 Å². The number of aliphatic hydroxyl groups excluding tert-OH is 1. The number of nitrogens with two attached hydrogens (primary N) is 1. The monoisotopic (exact) mass is 272 g/mol. The van der Waals surface area contributed by atoms with Gasteiger partial charge in [-0.3, -0.25) is 4.79 Å². The summed E-state index contributed by atoms with van der Waals surface area (Å²) in [5.41, 5.74) is 6.17. The van der Waals surface area contributed by atoms with E-state index in [9.17, 15) is 4.79 Å². The van der Waals surface area contributed by atoms with Gasteiger partial charge in [-0.2, -0.15) is 0 Å². The normalized spacial score (nSPS) is 12.3. The molecule has 1 aromatic rings. The van der Waals surface area contributed by atoms with Crippen LogP contribution in [0.5, 0.6) is 0 Å². The predicted octanol–water partition coefficient (Wildman–Crippen LogP) is 0.732. The number of hydrogen-bond donors (Lipinski definition) is 2. The molecule has 1 unspecified atom stereocenters. The van der Waals surface area contributed by atoms with Crippen molar-refractivity contribution in [3.8, 4) is 0 Å². The van der Waals surface area contributed by atoms with E-state index in [1.54, 1.807) is 13.1 Å². The molecule has 0 saturated carbocycles. The minimum atomic E-state index is -0.867. The van der Waals surface area contributed by atoms with Crippen molar-refractivity contribution in [3.63, 3.8) is 0 Å². The molecule has 4 nitrogen and oxygen atoms in total. The topological polar surface area (TPSA) is 66.6 Å². The second-order valence-corrected chi connectivity index (χ2v) is 4.08. The van der Waals surface area contributed by atoms with E-state index < -0.39 is 6.04 Å². The van der Waals surface area contributed by atoms with Crippen molar-refractivity contribution in [1.82, 2.24) is 0 Å². The fraction of sp³-hybridized carbons (Fsp3) is 0.300. The van der Waals surface area contributed by atoms with Gasteiger partial charge in [-0.15, -0.1) is 0 Å². The molecule has 0 aliphatic heterocycles. The summed E-state index contributed by atoms with van der Waals surface area (Å²) in [5.74, 6) is -0.310. The highest BCUT2D eigenvalue weighted by atomic mass is 79.9. The van der Waals surface area contributed by atoms with Gasteiger partial charge in [0.15, 0.2) is 0 Å². The molecule has 15 heavy (non-hydrogen) atoms. The van der Waals surface area contributed by atoms with E-state index in [-0.39, 0.29) is 12.5 Å². The average molecular weight is 273 g/mol. The van der Waals surface area contributed by atoms with E-state index in [1.165, 1.54) is 4.90 Å². The first kappa shape index (κ1) is 12.2. The van der Waals surface area contributed by atoms with Crippen LogP contribution in [0.1, 0.15) is 0 Å². The van der Waals surface area contributed by atoms with Crippen LogP contribution in [0.2, 0.25) is 0 Å². The second kappa shape index (κ2) is 5.25. The Hall–Kier alpha value is -0.910. The van der Waals surface area contributed by atoms with Crippen LogP contribution in [0.25, 0.3) is 0 Å². The van der Waals surface area contributed by atoms with Crippen molar-refractivity contribution in [1.29, 1.82) is 0 Å². The van der Waals surface area contributed by atoms with Crippen molar-refractivity contribution in [2.75, 3.05) is 18.6 Å². The molecule has 1 rings (SSSR count). The van der Waals surface area contributed by atoms with E-state index >= 15 is 0 Å². The number of rotatable bonds is 3. The summed E-state index contributed by atoms with van der Waals surface area (Å²) in [6.07, 6.45) is 0. The first-order valence-corrected chi connectivity index (χ1v) is 5.25. The van der Waals surface area contributed by atoms with Crippen molar-refractivity contribution >= 4 is 27.5 Å². The van der Waals surface area contributed by atoms with Gasteiger partial charge in [-0.25, -0.2) is 0 Å². The molecule has 1 amide bonds. The Bertz CT molecular complexity index is 357.